The molecule has 6 aromatic rings. The molecule has 0 saturated carbocycles. The number of likely N-dealkylation sites (N-methyl/N-ethyl adjacent to an activating group) is 1. The molecule has 0 N–H and O–H groups in total. The highest BCUT2D eigenvalue weighted by Gasteiger charge is 2.50. The number of hydrogen-bond donors (Lipinski definition) is 0. The molecule has 5 aromatic carbocycles. The van der Waals surface area contributed by atoms with Crippen molar-refractivity contribution in [2.45, 2.75) is 84.2 Å². The first-order valence-corrected chi connectivity index (χ1v) is 25.7. The zero-order valence-electron chi connectivity index (χ0n) is 40.7. The van der Waals surface area contributed by atoms with Gasteiger partial charge in [-0.3, -0.25) is 0 Å². The minimum atomic E-state index is -2.84. The van der Waals surface area contributed by atoms with Crippen molar-refractivity contribution in [3.63, 3.8) is 0 Å². The van der Waals surface area contributed by atoms with Crippen LogP contribution < -0.4 is 29.6 Å². The molecule has 67 heavy (non-hydrogen) atoms. The summed E-state index contributed by atoms with van der Waals surface area (Å²) in [6.45, 7) is 17.7. The SMILES string of the molecule is CN(C)CCOc1nc2c(c(N3CCN(C(=O)OC(C)(C)C)CC3CCO[Si](c3ccccc3)(c3ccccc3)C(C)(C)C)n1)CCN(c1cc(OCc3ccccc3)cc3ccccc13)C2. The Hall–Kier alpha value is -5.95. The average molecular weight is 921 g/mol. The molecule has 1 saturated heterocycles. The number of benzene rings is 5. The molecule has 11 nitrogen and oxygen atoms in total. The topological polar surface area (TPSA) is 92.7 Å². The average Bonchev–Trinajstić information content (AvgIpc) is 3.31. The van der Waals surface area contributed by atoms with E-state index in [-0.39, 0.29) is 17.2 Å². The van der Waals surface area contributed by atoms with Crippen LogP contribution in [0.5, 0.6) is 11.8 Å². The zero-order valence-corrected chi connectivity index (χ0v) is 41.7. The lowest BCUT2D eigenvalue weighted by molar-refractivity contribution is 0.0207. The van der Waals surface area contributed by atoms with Gasteiger partial charge in [-0.1, -0.05) is 136 Å². The maximum atomic E-state index is 13.8. The Morgan fingerprint density at radius 2 is 1.42 bits per heavy atom. The standard InChI is InChI=1S/C55H68N6O5Si/c1-54(2,3)66-53(62)60-31-32-61(43(38-60)29-34-65-67(55(4,5)6,45-23-14-10-15-24-45)46-25-16-11-17-26-46)51-48-28-30-59(39-49(48)56-52(57-51)63-35-33-58(7)8)50-37-44(36-42-22-18-19-27-47(42)50)64-40-41-20-12-9-13-21-41/h9-27,36-37,43H,28-35,38-40H2,1-8H3. The summed E-state index contributed by atoms with van der Waals surface area (Å²) in [5.74, 6) is 1.69. The lowest BCUT2D eigenvalue weighted by atomic mass is 10.0. The molecule has 0 radical (unpaired) electrons. The summed E-state index contributed by atoms with van der Waals surface area (Å²) in [5.41, 5.74) is 3.65. The van der Waals surface area contributed by atoms with Crippen LogP contribution in [0.15, 0.2) is 127 Å². The predicted molar refractivity (Wildman–Crippen MR) is 273 cm³/mol. The van der Waals surface area contributed by atoms with Gasteiger partial charge >= 0.3 is 12.1 Å². The van der Waals surface area contributed by atoms with E-state index < -0.39 is 13.9 Å². The van der Waals surface area contributed by atoms with Crippen LogP contribution in [0.2, 0.25) is 5.04 Å². The molecule has 2 aliphatic rings. The van der Waals surface area contributed by atoms with Gasteiger partial charge in [0.25, 0.3) is 8.32 Å². The van der Waals surface area contributed by atoms with Gasteiger partial charge in [-0.05, 0) is 80.1 Å². The first kappa shape index (κ1) is 47.5. The number of hydrogen-bond acceptors (Lipinski definition) is 10. The third-order valence-electron chi connectivity index (χ3n) is 12.8. The van der Waals surface area contributed by atoms with Gasteiger partial charge in [-0.15, -0.1) is 0 Å². The normalized spacial score (nSPS) is 15.7. The maximum Gasteiger partial charge on any atom is 0.410 e. The van der Waals surface area contributed by atoms with E-state index in [1.165, 1.54) is 10.4 Å². The molecule has 1 amide bonds. The molecule has 0 spiro atoms. The summed E-state index contributed by atoms with van der Waals surface area (Å²) in [6, 6.07) is 44.9. The van der Waals surface area contributed by atoms with Crippen LogP contribution in [0.4, 0.5) is 16.3 Å². The Balaban J connectivity index is 1.14. The fourth-order valence-electron chi connectivity index (χ4n) is 9.55. The van der Waals surface area contributed by atoms with E-state index >= 15 is 0 Å². The van der Waals surface area contributed by atoms with E-state index in [0.29, 0.717) is 58.4 Å². The van der Waals surface area contributed by atoms with Gasteiger partial charge < -0.3 is 38.2 Å². The van der Waals surface area contributed by atoms with Gasteiger partial charge in [0.2, 0.25) is 0 Å². The number of piperazine rings is 1. The number of anilines is 2. The molecule has 12 heteroatoms. The molecule has 8 rings (SSSR count). The van der Waals surface area contributed by atoms with Gasteiger partial charge in [0, 0.05) is 62.0 Å². The number of carbonyl (C=O) groups is 1. The van der Waals surface area contributed by atoms with Crippen LogP contribution >= 0.6 is 0 Å². The predicted octanol–water partition coefficient (Wildman–Crippen LogP) is 9.10. The summed E-state index contributed by atoms with van der Waals surface area (Å²) < 4.78 is 26.3. The van der Waals surface area contributed by atoms with Gasteiger partial charge in [0.05, 0.1) is 18.3 Å². The van der Waals surface area contributed by atoms with E-state index in [4.69, 9.17) is 28.6 Å². The van der Waals surface area contributed by atoms with Crippen molar-refractivity contribution in [2.75, 3.05) is 69.8 Å². The summed E-state index contributed by atoms with van der Waals surface area (Å²) in [6.07, 6.45) is 1.08. The van der Waals surface area contributed by atoms with Crippen LogP contribution in [-0.2, 0) is 28.7 Å². The Morgan fingerprint density at radius 1 is 0.761 bits per heavy atom. The summed E-state index contributed by atoms with van der Waals surface area (Å²) in [7, 11) is 1.23. The van der Waals surface area contributed by atoms with Gasteiger partial charge in [0.15, 0.2) is 0 Å². The van der Waals surface area contributed by atoms with E-state index in [9.17, 15) is 4.79 Å². The number of aromatic nitrogens is 2. The monoisotopic (exact) mass is 921 g/mol. The molecular formula is C55H68N6O5Si. The quantitative estimate of drug-likeness (QED) is 0.0930. The van der Waals surface area contributed by atoms with E-state index in [1.807, 2.05) is 58.0 Å². The Bertz CT molecular complexity index is 2550. The number of ether oxygens (including phenoxy) is 3. The first-order chi connectivity index (χ1) is 32.2. The lowest BCUT2D eigenvalue weighted by Crippen LogP contribution is -2.67. The van der Waals surface area contributed by atoms with Crippen molar-refractivity contribution in [3.8, 4) is 11.8 Å². The van der Waals surface area contributed by atoms with E-state index in [2.05, 4.69) is 145 Å². The largest absolute Gasteiger partial charge is 0.489 e. The Labute approximate surface area is 398 Å². The van der Waals surface area contributed by atoms with Crippen LogP contribution in [0.25, 0.3) is 10.8 Å². The fraction of sp³-hybridized carbons (Fsp3) is 0.400. The molecule has 2 aliphatic heterocycles. The molecule has 1 aromatic heterocycles. The summed E-state index contributed by atoms with van der Waals surface area (Å²) in [4.78, 5) is 33.0. The van der Waals surface area contributed by atoms with Crippen molar-refractivity contribution >= 4 is 47.1 Å². The number of rotatable bonds is 15. The molecule has 1 fully saturated rings. The zero-order chi connectivity index (χ0) is 47.2. The highest BCUT2D eigenvalue weighted by molar-refractivity contribution is 6.99. The summed E-state index contributed by atoms with van der Waals surface area (Å²) in [5, 5.41) is 4.57. The molecule has 1 atom stereocenters. The smallest absolute Gasteiger partial charge is 0.410 e. The van der Waals surface area contributed by atoms with E-state index in [1.54, 1.807) is 0 Å². The minimum Gasteiger partial charge on any atom is -0.489 e. The van der Waals surface area contributed by atoms with Gasteiger partial charge in [-0.25, -0.2) is 4.79 Å². The van der Waals surface area contributed by atoms with Crippen LogP contribution in [0.1, 0.15) is 64.8 Å². The second-order valence-corrected chi connectivity index (χ2v) is 24.4. The van der Waals surface area contributed by atoms with Gasteiger partial charge in [-0.2, -0.15) is 9.97 Å². The second kappa shape index (κ2) is 20.5. The first-order valence-electron chi connectivity index (χ1n) is 23.8. The fourth-order valence-corrected chi connectivity index (χ4v) is 14.1. The number of carbonyl (C=O) groups excluding carboxylic acids is 1. The van der Waals surface area contributed by atoms with Crippen molar-refractivity contribution < 1.29 is 23.4 Å². The molecule has 0 aliphatic carbocycles. The Morgan fingerprint density at radius 3 is 2.07 bits per heavy atom. The molecule has 0 bridgehead atoms. The second-order valence-electron chi connectivity index (χ2n) is 20.1. The number of nitrogens with zero attached hydrogens (tertiary/aromatic N) is 6. The third-order valence-corrected chi connectivity index (χ3v) is 17.8. The van der Waals surface area contributed by atoms with Crippen molar-refractivity contribution in [1.29, 1.82) is 0 Å². The number of amides is 1. The maximum absolute atomic E-state index is 13.8. The number of fused-ring (bicyclic) bond motifs is 2. The highest BCUT2D eigenvalue weighted by atomic mass is 28.4. The Kier molecular flexibility index (Phi) is 14.5. The third kappa shape index (κ3) is 11.1. The molecule has 352 valence electrons. The molecule has 1 unspecified atom stereocenters. The van der Waals surface area contributed by atoms with Crippen LogP contribution in [-0.4, -0.2) is 106 Å². The minimum absolute atomic E-state index is 0.131. The van der Waals surface area contributed by atoms with Crippen LogP contribution in [0.3, 0.4) is 0 Å². The summed E-state index contributed by atoms with van der Waals surface area (Å²) >= 11 is 0. The van der Waals surface area contributed by atoms with Crippen molar-refractivity contribution in [3.05, 3.63) is 144 Å². The highest BCUT2D eigenvalue weighted by Crippen LogP contribution is 2.40. The van der Waals surface area contributed by atoms with E-state index in [0.717, 1.165) is 64.4 Å². The van der Waals surface area contributed by atoms with Crippen molar-refractivity contribution in [1.82, 2.24) is 19.8 Å². The molecular weight excluding hydrogens is 853 g/mol. The molecule has 3 heterocycles. The lowest BCUT2D eigenvalue weighted by Gasteiger charge is -2.45. The van der Waals surface area contributed by atoms with Crippen molar-refractivity contribution in [2.24, 2.45) is 0 Å². The van der Waals surface area contributed by atoms with Crippen LogP contribution in [0, 0.1) is 0 Å². The van der Waals surface area contributed by atoms with Gasteiger partial charge in [0.1, 0.15) is 30.4 Å².